The fourth-order valence-corrected chi connectivity index (χ4v) is 3.00. The van der Waals surface area contributed by atoms with Gasteiger partial charge >= 0.3 is 0 Å². The third-order valence-electron chi connectivity index (χ3n) is 3.86. The van der Waals surface area contributed by atoms with Gasteiger partial charge in [-0.3, -0.25) is 9.59 Å². The maximum atomic E-state index is 13.6. The minimum absolute atomic E-state index is 0.188. The molecule has 1 aromatic heterocycles. The molecule has 0 spiro atoms. The molecular formula is C19H18FN5O2S. The zero-order valence-corrected chi connectivity index (χ0v) is 16.1. The second-order valence-corrected chi connectivity index (χ2v) is 7.00. The SMILES string of the molecule is Cc1ccc(NC(=O)c2ccc(NC(=O)CSc3nncn3C)cc2)cc1F. The first-order chi connectivity index (χ1) is 13.4. The van der Waals surface area contributed by atoms with E-state index in [0.29, 0.717) is 27.7 Å². The van der Waals surface area contributed by atoms with E-state index < -0.39 is 0 Å². The summed E-state index contributed by atoms with van der Waals surface area (Å²) < 4.78 is 15.3. The molecule has 3 aromatic rings. The molecule has 2 aromatic carbocycles. The number of rotatable bonds is 6. The summed E-state index contributed by atoms with van der Waals surface area (Å²) in [6, 6.07) is 11.0. The number of aromatic nitrogens is 3. The van der Waals surface area contributed by atoms with E-state index in [-0.39, 0.29) is 23.4 Å². The van der Waals surface area contributed by atoms with Crippen molar-refractivity contribution in [2.75, 3.05) is 16.4 Å². The molecule has 0 saturated heterocycles. The molecule has 3 rings (SSSR count). The molecule has 2 amide bonds. The quantitative estimate of drug-likeness (QED) is 0.621. The fourth-order valence-electron chi connectivity index (χ4n) is 2.31. The largest absolute Gasteiger partial charge is 0.325 e. The minimum Gasteiger partial charge on any atom is -0.325 e. The lowest BCUT2D eigenvalue weighted by Gasteiger charge is -2.08. The average molecular weight is 399 g/mol. The summed E-state index contributed by atoms with van der Waals surface area (Å²) in [6.45, 7) is 1.65. The highest BCUT2D eigenvalue weighted by Gasteiger charge is 2.10. The normalized spacial score (nSPS) is 10.5. The van der Waals surface area contributed by atoms with Crippen LogP contribution in [0.3, 0.4) is 0 Å². The summed E-state index contributed by atoms with van der Waals surface area (Å²) in [5, 5.41) is 13.7. The summed E-state index contributed by atoms with van der Waals surface area (Å²) in [7, 11) is 1.80. The fraction of sp³-hybridized carbons (Fsp3) is 0.158. The highest BCUT2D eigenvalue weighted by atomic mass is 32.2. The number of carbonyl (C=O) groups is 2. The van der Waals surface area contributed by atoms with Gasteiger partial charge in [0.1, 0.15) is 12.1 Å². The van der Waals surface area contributed by atoms with Crippen molar-refractivity contribution in [1.82, 2.24) is 14.8 Å². The van der Waals surface area contributed by atoms with Crippen LogP contribution in [0.5, 0.6) is 0 Å². The van der Waals surface area contributed by atoms with Crippen molar-refractivity contribution in [1.29, 1.82) is 0 Å². The Hall–Kier alpha value is -3.20. The summed E-state index contributed by atoms with van der Waals surface area (Å²) in [6.07, 6.45) is 1.56. The number of nitrogens with one attached hydrogen (secondary N) is 2. The van der Waals surface area contributed by atoms with Gasteiger partial charge < -0.3 is 15.2 Å². The average Bonchev–Trinajstić information content (AvgIpc) is 3.08. The van der Waals surface area contributed by atoms with E-state index in [9.17, 15) is 14.0 Å². The number of anilines is 2. The Kier molecular flexibility index (Phi) is 6.05. The van der Waals surface area contributed by atoms with Gasteiger partial charge in [-0.15, -0.1) is 10.2 Å². The second-order valence-electron chi connectivity index (χ2n) is 6.06. The van der Waals surface area contributed by atoms with E-state index in [0.717, 1.165) is 0 Å². The van der Waals surface area contributed by atoms with Crippen LogP contribution in [0, 0.1) is 12.7 Å². The first kappa shape index (κ1) is 19.6. The van der Waals surface area contributed by atoms with Gasteiger partial charge in [0.2, 0.25) is 5.91 Å². The molecule has 2 N–H and O–H groups in total. The number of halogens is 1. The van der Waals surface area contributed by atoms with Gasteiger partial charge in [-0.1, -0.05) is 17.8 Å². The lowest BCUT2D eigenvalue weighted by Crippen LogP contribution is -2.15. The highest BCUT2D eigenvalue weighted by molar-refractivity contribution is 7.99. The van der Waals surface area contributed by atoms with E-state index in [1.54, 1.807) is 61.3 Å². The molecule has 0 bridgehead atoms. The Bertz CT molecular complexity index is 1000. The molecule has 144 valence electrons. The Labute approximate surface area is 165 Å². The van der Waals surface area contributed by atoms with Crippen LogP contribution >= 0.6 is 11.8 Å². The van der Waals surface area contributed by atoms with Crippen molar-refractivity contribution in [2.24, 2.45) is 7.05 Å². The van der Waals surface area contributed by atoms with Crippen LogP contribution in [0.15, 0.2) is 53.9 Å². The Morgan fingerprint density at radius 2 is 1.82 bits per heavy atom. The first-order valence-corrected chi connectivity index (χ1v) is 9.35. The number of carbonyl (C=O) groups excluding carboxylic acids is 2. The monoisotopic (exact) mass is 399 g/mol. The molecule has 1 heterocycles. The lowest BCUT2D eigenvalue weighted by molar-refractivity contribution is -0.113. The predicted molar refractivity (Wildman–Crippen MR) is 106 cm³/mol. The van der Waals surface area contributed by atoms with Crippen molar-refractivity contribution in [3.05, 3.63) is 65.7 Å². The topological polar surface area (TPSA) is 88.9 Å². The Morgan fingerprint density at radius 1 is 1.11 bits per heavy atom. The van der Waals surface area contributed by atoms with Gasteiger partial charge in [0.05, 0.1) is 5.75 Å². The number of aryl methyl sites for hydroxylation is 2. The first-order valence-electron chi connectivity index (χ1n) is 8.36. The molecule has 28 heavy (non-hydrogen) atoms. The van der Waals surface area contributed by atoms with Gasteiger partial charge in [-0.2, -0.15) is 0 Å². The zero-order valence-electron chi connectivity index (χ0n) is 15.3. The summed E-state index contributed by atoms with van der Waals surface area (Å²) in [5.41, 5.74) is 1.86. The molecule has 0 fully saturated rings. The van der Waals surface area contributed by atoms with E-state index >= 15 is 0 Å². The van der Waals surface area contributed by atoms with Crippen LogP contribution in [-0.4, -0.2) is 32.3 Å². The molecule has 0 atom stereocenters. The number of hydrogen-bond acceptors (Lipinski definition) is 5. The molecule has 0 aliphatic rings. The van der Waals surface area contributed by atoms with Crippen molar-refractivity contribution in [3.8, 4) is 0 Å². The molecule has 0 saturated carbocycles. The standard InChI is InChI=1S/C19H18FN5O2S/c1-12-3-6-15(9-16(12)20)23-18(27)13-4-7-14(8-5-13)22-17(26)10-28-19-24-21-11-25(19)2/h3-9,11H,10H2,1-2H3,(H,22,26)(H,23,27). The van der Waals surface area contributed by atoms with Gasteiger partial charge in [-0.25, -0.2) is 4.39 Å². The Morgan fingerprint density at radius 3 is 2.46 bits per heavy atom. The molecule has 0 radical (unpaired) electrons. The number of thioether (sulfide) groups is 1. The van der Waals surface area contributed by atoms with E-state index in [2.05, 4.69) is 20.8 Å². The molecule has 9 heteroatoms. The number of hydrogen-bond donors (Lipinski definition) is 2. The lowest BCUT2D eigenvalue weighted by atomic mass is 10.1. The van der Waals surface area contributed by atoms with Crippen LogP contribution in [0.4, 0.5) is 15.8 Å². The predicted octanol–water partition coefficient (Wildman–Crippen LogP) is 3.25. The van der Waals surface area contributed by atoms with Crippen LogP contribution in [0.1, 0.15) is 15.9 Å². The van der Waals surface area contributed by atoms with Crippen molar-refractivity contribution in [3.63, 3.8) is 0 Å². The van der Waals surface area contributed by atoms with E-state index in [1.807, 2.05) is 0 Å². The van der Waals surface area contributed by atoms with Gasteiger partial charge in [-0.05, 0) is 48.9 Å². The minimum atomic E-state index is -0.380. The second kappa shape index (κ2) is 8.66. The van der Waals surface area contributed by atoms with Gasteiger partial charge in [0.15, 0.2) is 5.16 Å². The van der Waals surface area contributed by atoms with Crippen LogP contribution < -0.4 is 10.6 Å². The maximum absolute atomic E-state index is 13.6. The van der Waals surface area contributed by atoms with Gasteiger partial charge in [0, 0.05) is 24.0 Å². The van der Waals surface area contributed by atoms with Gasteiger partial charge in [0.25, 0.3) is 5.91 Å². The zero-order chi connectivity index (χ0) is 20.1. The summed E-state index contributed by atoms with van der Waals surface area (Å²) >= 11 is 1.28. The molecule has 0 aliphatic carbocycles. The molecule has 0 unspecified atom stereocenters. The maximum Gasteiger partial charge on any atom is 0.255 e. The van der Waals surface area contributed by atoms with Crippen LogP contribution in [0.2, 0.25) is 0 Å². The van der Waals surface area contributed by atoms with E-state index in [4.69, 9.17) is 0 Å². The van der Waals surface area contributed by atoms with Crippen molar-refractivity contribution in [2.45, 2.75) is 12.1 Å². The third kappa shape index (κ3) is 4.95. The molecule has 7 nitrogen and oxygen atoms in total. The number of amides is 2. The van der Waals surface area contributed by atoms with E-state index in [1.165, 1.54) is 17.8 Å². The smallest absolute Gasteiger partial charge is 0.255 e. The Balaban J connectivity index is 1.55. The van der Waals surface area contributed by atoms with Crippen molar-refractivity contribution < 1.29 is 14.0 Å². The highest BCUT2D eigenvalue weighted by Crippen LogP contribution is 2.17. The van der Waals surface area contributed by atoms with Crippen molar-refractivity contribution >= 4 is 35.0 Å². The molecular weight excluding hydrogens is 381 g/mol. The van der Waals surface area contributed by atoms with Crippen LogP contribution in [-0.2, 0) is 11.8 Å². The number of nitrogens with zero attached hydrogens (tertiary/aromatic N) is 3. The van der Waals surface area contributed by atoms with Crippen LogP contribution in [0.25, 0.3) is 0 Å². The third-order valence-corrected chi connectivity index (χ3v) is 4.90. The summed E-state index contributed by atoms with van der Waals surface area (Å²) in [4.78, 5) is 24.3. The summed E-state index contributed by atoms with van der Waals surface area (Å²) in [5.74, 6) is -0.748. The number of benzene rings is 2. The molecule has 0 aliphatic heterocycles.